The van der Waals surface area contributed by atoms with Gasteiger partial charge in [-0.3, -0.25) is 0 Å². The molecule has 0 N–H and O–H groups in total. The van der Waals surface area contributed by atoms with Gasteiger partial charge in [0.05, 0.1) is 6.61 Å². The van der Waals surface area contributed by atoms with Crippen molar-refractivity contribution in [1.29, 1.82) is 0 Å². The maximum Gasteiger partial charge on any atom is 0.122 e. The first kappa shape index (κ1) is 19.3. The van der Waals surface area contributed by atoms with Crippen LogP contribution in [-0.2, 0) is 12.8 Å². The predicted molar refractivity (Wildman–Crippen MR) is 115 cm³/mol. The summed E-state index contributed by atoms with van der Waals surface area (Å²) in [5, 5.41) is 0. The summed E-state index contributed by atoms with van der Waals surface area (Å²) in [6, 6.07) is 4.99. The van der Waals surface area contributed by atoms with E-state index in [1.807, 2.05) is 0 Å². The van der Waals surface area contributed by atoms with E-state index in [1.165, 1.54) is 62.7 Å². The second kappa shape index (κ2) is 7.80. The molecule has 0 aliphatic heterocycles. The normalized spacial score (nSPS) is 34.7. The molecule has 0 spiro atoms. The molecule has 5 atom stereocenters. The van der Waals surface area contributed by atoms with E-state index in [0.29, 0.717) is 5.41 Å². The zero-order valence-electron chi connectivity index (χ0n) is 18.2. The quantitative estimate of drug-likeness (QED) is 0.478. The standard InChI is InChI=1S/C26H40O/c1-5-8-15-27-25-17-19-9-11-22-21(23(19)16-18(25)6-2)13-14-26(4)20(7-3)10-12-24(22)26/h16-17,20-22,24H,5-15H2,1-4H3/t20-,21-,22+,24-,26+/m0/s1. The average Bonchev–Trinajstić information content (AvgIpc) is 3.03. The second-order valence-corrected chi connectivity index (χ2v) is 9.86. The molecule has 2 fully saturated rings. The lowest BCUT2D eigenvalue weighted by Gasteiger charge is -2.51. The van der Waals surface area contributed by atoms with E-state index < -0.39 is 0 Å². The number of aryl methyl sites for hydroxylation is 2. The van der Waals surface area contributed by atoms with Crippen molar-refractivity contribution >= 4 is 0 Å². The summed E-state index contributed by atoms with van der Waals surface area (Å²) in [7, 11) is 0. The van der Waals surface area contributed by atoms with Crippen LogP contribution >= 0.6 is 0 Å². The minimum Gasteiger partial charge on any atom is -0.493 e. The van der Waals surface area contributed by atoms with Crippen LogP contribution in [0.2, 0.25) is 0 Å². The van der Waals surface area contributed by atoms with Crippen molar-refractivity contribution in [3.8, 4) is 5.75 Å². The second-order valence-electron chi connectivity index (χ2n) is 9.86. The Kier molecular flexibility index (Phi) is 5.59. The highest BCUT2D eigenvalue weighted by Crippen LogP contribution is 2.63. The molecule has 1 aromatic carbocycles. The Labute approximate surface area is 167 Å². The Bertz CT molecular complexity index is 662. The molecule has 3 aliphatic carbocycles. The fourth-order valence-electron chi connectivity index (χ4n) is 7.16. The summed E-state index contributed by atoms with van der Waals surface area (Å²) in [5.74, 6) is 4.88. The summed E-state index contributed by atoms with van der Waals surface area (Å²) < 4.78 is 6.18. The summed E-state index contributed by atoms with van der Waals surface area (Å²) in [4.78, 5) is 0. The Morgan fingerprint density at radius 1 is 1.07 bits per heavy atom. The average molecular weight is 369 g/mol. The van der Waals surface area contributed by atoms with E-state index in [2.05, 4.69) is 39.8 Å². The fourth-order valence-corrected chi connectivity index (χ4v) is 7.16. The van der Waals surface area contributed by atoms with Gasteiger partial charge in [-0.25, -0.2) is 0 Å². The first-order valence-corrected chi connectivity index (χ1v) is 11.9. The number of hydrogen-bond acceptors (Lipinski definition) is 1. The lowest BCUT2D eigenvalue weighted by Crippen LogP contribution is -2.42. The van der Waals surface area contributed by atoms with Crippen LogP contribution in [0.15, 0.2) is 12.1 Å². The Balaban J connectivity index is 1.61. The van der Waals surface area contributed by atoms with Crippen molar-refractivity contribution in [2.24, 2.45) is 23.2 Å². The summed E-state index contributed by atoms with van der Waals surface area (Å²) in [6.07, 6.45) is 13.4. The SMILES string of the molecule is CCCCOc1cc2c(cc1CC)[C@H]1CC[C@]3(C)[C@@H](CC)CC[C@H]3[C@@H]1CC2. The van der Waals surface area contributed by atoms with Crippen LogP contribution in [0.3, 0.4) is 0 Å². The molecule has 0 saturated heterocycles. The van der Waals surface area contributed by atoms with Crippen LogP contribution in [0.25, 0.3) is 0 Å². The van der Waals surface area contributed by atoms with Gasteiger partial charge in [0.15, 0.2) is 0 Å². The van der Waals surface area contributed by atoms with Gasteiger partial charge in [0.2, 0.25) is 0 Å². The van der Waals surface area contributed by atoms with E-state index in [9.17, 15) is 0 Å². The Hall–Kier alpha value is -0.980. The van der Waals surface area contributed by atoms with Crippen LogP contribution < -0.4 is 4.74 Å². The monoisotopic (exact) mass is 368 g/mol. The van der Waals surface area contributed by atoms with Crippen LogP contribution in [0.4, 0.5) is 0 Å². The van der Waals surface area contributed by atoms with Gasteiger partial charge in [-0.1, -0.05) is 46.6 Å². The molecular weight excluding hydrogens is 328 g/mol. The van der Waals surface area contributed by atoms with E-state index in [0.717, 1.165) is 43.1 Å². The van der Waals surface area contributed by atoms with Crippen molar-refractivity contribution < 1.29 is 4.74 Å². The highest BCUT2D eigenvalue weighted by molar-refractivity contribution is 5.46. The minimum absolute atomic E-state index is 0.629. The highest BCUT2D eigenvalue weighted by atomic mass is 16.5. The summed E-state index contributed by atoms with van der Waals surface area (Å²) >= 11 is 0. The lowest BCUT2D eigenvalue weighted by molar-refractivity contribution is 0.0273. The molecule has 2 saturated carbocycles. The van der Waals surface area contributed by atoms with Gasteiger partial charge in [0.25, 0.3) is 0 Å². The van der Waals surface area contributed by atoms with E-state index >= 15 is 0 Å². The zero-order chi connectivity index (χ0) is 19.0. The molecule has 150 valence electrons. The molecule has 1 heteroatoms. The Morgan fingerprint density at radius 2 is 1.93 bits per heavy atom. The summed E-state index contributed by atoms with van der Waals surface area (Å²) in [5.41, 5.74) is 5.38. The van der Waals surface area contributed by atoms with Crippen LogP contribution in [0, 0.1) is 23.2 Å². The largest absolute Gasteiger partial charge is 0.493 e. The highest BCUT2D eigenvalue weighted by Gasteiger charge is 2.53. The van der Waals surface area contributed by atoms with Crippen molar-refractivity contribution in [2.45, 2.75) is 97.8 Å². The lowest BCUT2D eigenvalue weighted by atomic mass is 9.54. The van der Waals surface area contributed by atoms with Gasteiger partial charge in [-0.05, 0) is 103 Å². The van der Waals surface area contributed by atoms with Crippen LogP contribution in [0.5, 0.6) is 5.75 Å². The fraction of sp³-hybridized carbons (Fsp3) is 0.769. The van der Waals surface area contributed by atoms with Gasteiger partial charge >= 0.3 is 0 Å². The zero-order valence-corrected chi connectivity index (χ0v) is 18.2. The smallest absolute Gasteiger partial charge is 0.122 e. The van der Waals surface area contributed by atoms with Gasteiger partial charge in [0, 0.05) is 0 Å². The third kappa shape index (κ3) is 3.23. The van der Waals surface area contributed by atoms with Gasteiger partial charge < -0.3 is 4.74 Å². The number of rotatable bonds is 6. The number of unbranched alkanes of at least 4 members (excludes halogenated alkanes) is 1. The minimum atomic E-state index is 0.629. The van der Waals surface area contributed by atoms with Crippen molar-refractivity contribution in [2.75, 3.05) is 6.61 Å². The molecule has 0 radical (unpaired) electrons. The van der Waals surface area contributed by atoms with E-state index in [1.54, 1.807) is 11.1 Å². The molecule has 27 heavy (non-hydrogen) atoms. The molecule has 0 amide bonds. The molecule has 3 aliphatic rings. The van der Waals surface area contributed by atoms with Crippen LogP contribution in [0.1, 0.15) is 102 Å². The van der Waals surface area contributed by atoms with Crippen molar-refractivity contribution in [3.63, 3.8) is 0 Å². The number of fused-ring (bicyclic) bond motifs is 5. The molecule has 4 rings (SSSR count). The third-order valence-electron chi connectivity index (χ3n) is 8.73. The molecule has 1 aromatic rings. The summed E-state index contributed by atoms with van der Waals surface area (Å²) in [6.45, 7) is 10.5. The molecular formula is C26H40O. The van der Waals surface area contributed by atoms with E-state index in [-0.39, 0.29) is 0 Å². The Morgan fingerprint density at radius 3 is 2.67 bits per heavy atom. The topological polar surface area (TPSA) is 9.23 Å². The predicted octanol–water partition coefficient (Wildman–Crippen LogP) is 7.31. The number of benzene rings is 1. The first-order valence-electron chi connectivity index (χ1n) is 11.9. The first-order chi connectivity index (χ1) is 13.1. The third-order valence-corrected chi connectivity index (χ3v) is 8.73. The molecule has 0 bridgehead atoms. The van der Waals surface area contributed by atoms with Gasteiger partial charge in [-0.15, -0.1) is 0 Å². The molecule has 1 nitrogen and oxygen atoms in total. The molecule has 0 unspecified atom stereocenters. The molecule has 0 aromatic heterocycles. The number of ether oxygens (including phenoxy) is 1. The van der Waals surface area contributed by atoms with Crippen molar-refractivity contribution in [1.82, 2.24) is 0 Å². The van der Waals surface area contributed by atoms with Crippen LogP contribution in [-0.4, -0.2) is 6.61 Å². The molecule has 0 heterocycles. The van der Waals surface area contributed by atoms with E-state index in [4.69, 9.17) is 4.74 Å². The van der Waals surface area contributed by atoms with Crippen molar-refractivity contribution in [3.05, 3.63) is 28.8 Å². The maximum atomic E-state index is 6.18. The maximum absolute atomic E-state index is 6.18. The number of hydrogen-bond donors (Lipinski definition) is 0. The van der Waals surface area contributed by atoms with Gasteiger partial charge in [-0.2, -0.15) is 0 Å². The van der Waals surface area contributed by atoms with Gasteiger partial charge in [0.1, 0.15) is 5.75 Å².